The minimum atomic E-state index is -0.0457. The lowest BCUT2D eigenvalue weighted by atomic mass is 10.2. The van der Waals surface area contributed by atoms with Crippen molar-refractivity contribution in [2.24, 2.45) is 11.8 Å². The van der Waals surface area contributed by atoms with Gasteiger partial charge in [0, 0.05) is 11.1 Å². The first kappa shape index (κ1) is 29.9. The van der Waals surface area contributed by atoms with Crippen molar-refractivity contribution < 1.29 is 15.7 Å². The van der Waals surface area contributed by atoms with Gasteiger partial charge in [0.2, 0.25) is 0 Å². The minimum absolute atomic E-state index is 0. The van der Waals surface area contributed by atoms with E-state index >= 15 is 0 Å². The molecule has 0 aliphatic rings. The third-order valence-corrected chi connectivity index (χ3v) is 2.51. The van der Waals surface area contributed by atoms with Crippen molar-refractivity contribution in [3.63, 3.8) is 0 Å². The lowest BCUT2D eigenvalue weighted by Crippen LogP contribution is -1.91. The Labute approximate surface area is 175 Å². The van der Waals surface area contributed by atoms with Crippen LogP contribution in [0.15, 0.2) is 60.7 Å². The van der Waals surface area contributed by atoms with Gasteiger partial charge in [-0.1, -0.05) is 102 Å². The van der Waals surface area contributed by atoms with Crippen LogP contribution in [0.1, 0.15) is 52.7 Å². The summed E-state index contributed by atoms with van der Waals surface area (Å²) >= 11 is 9.04. The molecule has 0 saturated heterocycles. The van der Waals surface area contributed by atoms with E-state index in [0.29, 0.717) is 11.1 Å². The van der Waals surface area contributed by atoms with Gasteiger partial charge in [0.25, 0.3) is 0 Å². The number of hydrogen-bond donors (Lipinski definition) is 2. The molecular weight excluding hydrogens is 376 g/mol. The maximum atomic E-state index is 8.76. The first-order chi connectivity index (χ1) is 12.1. The molecular formula is C22H34O3S2. The Hall–Kier alpha value is -1.82. The van der Waals surface area contributed by atoms with Crippen LogP contribution >= 0.6 is 24.4 Å². The summed E-state index contributed by atoms with van der Waals surface area (Å²) in [6.45, 7) is 13.0. The van der Waals surface area contributed by atoms with Gasteiger partial charge in [-0.25, -0.2) is 0 Å². The molecule has 152 valence electrons. The molecule has 0 spiro atoms. The largest absolute Gasteiger partial charge is 0.499 e. The van der Waals surface area contributed by atoms with Crippen molar-refractivity contribution >= 4 is 34.5 Å². The molecule has 0 fully saturated rings. The predicted octanol–water partition coefficient (Wildman–Crippen LogP) is 6.34. The maximum Gasteiger partial charge on any atom is 0.188 e. The summed E-state index contributed by atoms with van der Waals surface area (Å²) < 4.78 is 0. The standard InChI is InChI=1S/2C7H6OS.2C4H10.H2O/c2*8-7(9)6-4-2-1-3-5-6;2*1-4(2)3;/h2*1-5H,(H,8,9);2*4H,1-3H3;1H2. The molecule has 0 unspecified atom stereocenters. The lowest BCUT2D eigenvalue weighted by Gasteiger charge is -1.91. The Morgan fingerprint density at radius 3 is 0.889 bits per heavy atom. The Kier molecular flexibility index (Phi) is 21.0. The second-order valence-corrected chi connectivity index (χ2v) is 7.58. The van der Waals surface area contributed by atoms with Crippen LogP contribution in [0.5, 0.6) is 0 Å². The highest BCUT2D eigenvalue weighted by atomic mass is 32.1. The summed E-state index contributed by atoms with van der Waals surface area (Å²) in [4.78, 5) is 0. The van der Waals surface area contributed by atoms with Crippen LogP contribution in [0.2, 0.25) is 0 Å². The van der Waals surface area contributed by atoms with Gasteiger partial charge in [-0.15, -0.1) is 0 Å². The third kappa shape index (κ3) is 24.2. The summed E-state index contributed by atoms with van der Waals surface area (Å²) in [5.41, 5.74) is 1.40. The Morgan fingerprint density at radius 2 is 0.778 bits per heavy atom. The van der Waals surface area contributed by atoms with E-state index in [-0.39, 0.29) is 15.6 Å². The Morgan fingerprint density at radius 1 is 0.593 bits per heavy atom. The zero-order valence-electron chi connectivity index (χ0n) is 17.1. The van der Waals surface area contributed by atoms with Gasteiger partial charge >= 0.3 is 0 Å². The monoisotopic (exact) mass is 410 g/mol. The van der Waals surface area contributed by atoms with Crippen molar-refractivity contribution in [2.75, 3.05) is 0 Å². The van der Waals surface area contributed by atoms with E-state index in [2.05, 4.69) is 66.0 Å². The lowest BCUT2D eigenvalue weighted by molar-refractivity contribution is 0.570. The zero-order valence-corrected chi connectivity index (χ0v) is 18.8. The van der Waals surface area contributed by atoms with Gasteiger partial charge < -0.3 is 15.7 Å². The molecule has 0 atom stereocenters. The van der Waals surface area contributed by atoms with Crippen molar-refractivity contribution in [3.05, 3.63) is 71.8 Å². The van der Waals surface area contributed by atoms with Crippen LogP contribution < -0.4 is 0 Å². The molecule has 0 bridgehead atoms. The van der Waals surface area contributed by atoms with Crippen molar-refractivity contribution in [1.29, 1.82) is 0 Å². The first-order valence-electron chi connectivity index (χ1n) is 8.64. The number of thiocarbonyl (C=S) groups is 2. The summed E-state index contributed by atoms with van der Waals surface area (Å²) in [5, 5.41) is 17.4. The average Bonchev–Trinajstić information content (AvgIpc) is 2.56. The highest BCUT2D eigenvalue weighted by molar-refractivity contribution is 7.80. The van der Waals surface area contributed by atoms with Gasteiger partial charge in [-0.05, 0) is 36.3 Å². The molecule has 2 aromatic rings. The highest BCUT2D eigenvalue weighted by Gasteiger charge is 1.92. The second kappa shape index (κ2) is 19.0. The van der Waals surface area contributed by atoms with Crippen molar-refractivity contribution in [2.45, 2.75) is 41.5 Å². The number of aliphatic hydroxyl groups excluding tert-OH is 2. The van der Waals surface area contributed by atoms with Gasteiger partial charge in [0.1, 0.15) is 0 Å². The van der Waals surface area contributed by atoms with Crippen LogP contribution in [0.4, 0.5) is 0 Å². The summed E-state index contributed by atoms with van der Waals surface area (Å²) in [6.07, 6.45) is 0. The van der Waals surface area contributed by atoms with Gasteiger partial charge in [-0.2, -0.15) is 0 Å². The smallest absolute Gasteiger partial charge is 0.188 e. The van der Waals surface area contributed by atoms with Crippen LogP contribution in [0.3, 0.4) is 0 Å². The van der Waals surface area contributed by atoms with E-state index in [1.54, 1.807) is 24.3 Å². The molecule has 27 heavy (non-hydrogen) atoms. The Balaban J connectivity index is -0.000000303. The minimum Gasteiger partial charge on any atom is -0.499 e. The van der Waals surface area contributed by atoms with E-state index in [9.17, 15) is 0 Å². The molecule has 0 aliphatic heterocycles. The quantitative estimate of drug-likeness (QED) is 0.567. The zero-order chi connectivity index (χ0) is 20.5. The summed E-state index contributed by atoms with van der Waals surface area (Å²) in [6, 6.07) is 18.1. The van der Waals surface area contributed by atoms with Crippen LogP contribution in [-0.4, -0.2) is 25.8 Å². The SMILES string of the molecule is CC(C)C.CC(C)C.O.OC(=S)c1ccccc1.OC(=S)c1ccccc1. The molecule has 0 saturated carbocycles. The normalized spacial score (nSPS) is 8.59. The van der Waals surface area contributed by atoms with E-state index in [0.717, 1.165) is 11.8 Å². The van der Waals surface area contributed by atoms with Crippen molar-refractivity contribution in [1.82, 2.24) is 0 Å². The second-order valence-electron chi connectivity index (χ2n) is 6.81. The fourth-order valence-electron chi connectivity index (χ4n) is 1.16. The molecule has 0 radical (unpaired) electrons. The molecule has 2 aromatic carbocycles. The molecule has 0 aromatic heterocycles. The van der Waals surface area contributed by atoms with Gasteiger partial charge in [-0.3, -0.25) is 0 Å². The van der Waals surface area contributed by atoms with Crippen LogP contribution in [0.25, 0.3) is 0 Å². The molecule has 0 amide bonds. The molecule has 0 heterocycles. The van der Waals surface area contributed by atoms with E-state index in [1.165, 1.54) is 0 Å². The number of rotatable bonds is 2. The average molecular weight is 411 g/mol. The van der Waals surface area contributed by atoms with E-state index in [4.69, 9.17) is 10.2 Å². The number of hydrogen-bond acceptors (Lipinski definition) is 2. The van der Waals surface area contributed by atoms with Gasteiger partial charge in [0.05, 0.1) is 0 Å². The molecule has 5 heteroatoms. The molecule has 3 nitrogen and oxygen atoms in total. The summed E-state index contributed by atoms with van der Waals surface area (Å²) in [5.74, 6) is 1.67. The fraction of sp³-hybridized carbons (Fsp3) is 0.364. The molecule has 4 N–H and O–H groups in total. The molecule has 2 rings (SSSR count). The van der Waals surface area contributed by atoms with E-state index < -0.39 is 0 Å². The fourth-order valence-corrected chi connectivity index (χ4v) is 1.43. The van der Waals surface area contributed by atoms with E-state index in [1.807, 2.05) is 36.4 Å². The first-order valence-corrected chi connectivity index (χ1v) is 9.46. The number of aliphatic hydroxyl groups is 2. The van der Waals surface area contributed by atoms with Crippen molar-refractivity contribution in [3.8, 4) is 0 Å². The predicted molar refractivity (Wildman–Crippen MR) is 126 cm³/mol. The van der Waals surface area contributed by atoms with Gasteiger partial charge in [0.15, 0.2) is 10.1 Å². The highest BCUT2D eigenvalue weighted by Crippen LogP contribution is 1.98. The number of benzene rings is 2. The van der Waals surface area contributed by atoms with Crippen LogP contribution in [0, 0.1) is 11.8 Å². The summed E-state index contributed by atoms with van der Waals surface area (Å²) in [7, 11) is 0. The third-order valence-electron chi connectivity index (χ3n) is 2.04. The Bertz CT molecular complexity index is 536. The topological polar surface area (TPSA) is 72.0 Å². The maximum absolute atomic E-state index is 8.76. The molecule has 0 aliphatic carbocycles. The van der Waals surface area contributed by atoms with Crippen LogP contribution in [-0.2, 0) is 0 Å².